The van der Waals surface area contributed by atoms with Gasteiger partial charge in [-0.15, -0.1) is 0 Å². The van der Waals surface area contributed by atoms with E-state index in [4.69, 9.17) is 10.3 Å². The minimum Gasteiger partial charge on any atom is -0.381 e. The van der Waals surface area contributed by atoms with Gasteiger partial charge in [-0.1, -0.05) is 24.9 Å². The third kappa shape index (κ3) is 2.31. The Labute approximate surface area is 101 Å². The number of aromatic nitrogens is 1. The van der Waals surface area contributed by atoms with Crippen molar-refractivity contribution in [3.05, 3.63) is 11.3 Å². The molecule has 5 nitrogen and oxygen atoms in total. The van der Waals surface area contributed by atoms with Crippen molar-refractivity contribution in [2.24, 2.45) is 0 Å². The van der Waals surface area contributed by atoms with Crippen molar-refractivity contribution >= 4 is 15.7 Å². The molecule has 17 heavy (non-hydrogen) atoms. The summed E-state index contributed by atoms with van der Waals surface area (Å²) in [6, 6.07) is 0. The number of nitrogens with zero attached hydrogens (tertiary/aromatic N) is 1. The second-order valence-electron chi connectivity index (χ2n) is 4.51. The lowest BCUT2D eigenvalue weighted by Crippen LogP contribution is -2.22. The van der Waals surface area contributed by atoms with E-state index < -0.39 is 15.1 Å². The molecule has 2 heterocycles. The molecule has 1 aromatic heterocycles. The number of anilines is 1. The molecule has 1 unspecified atom stereocenters. The first-order valence-electron chi connectivity index (χ1n) is 6.01. The van der Waals surface area contributed by atoms with Gasteiger partial charge in [-0.3, -0.25) is 0 Å². The summed E-state index contributed by atoms with van der Waals surface area (Å²) in [6.07, 6.45) is 3.89. The monoisotopic (exact) mass is 258 g/mol. The van der Waals surface area contributed by atoms with Crippen LogP contribution in [-0.2, 0) is 16.3 Å². The molecular weight excluding hydrogens is 240 g/mol. The fraction of sp³-hybridized carbons (Fsp3) is 0.727. The van der Waals surface area contributed by atoms with E-state index in [9.17, 15) is 8.42 Å². The summed E-state index contributed by atoms with van der Waals surface area (Å²) in [5.74, 6) is 1.05. The average molecular weight is 258 g/mol. The molecule has 0 bridgehead atoms. The van der Waals surface area contributed by atoms with Gasteiger partial charge < -0.3 is 10.3 Å². The maximum Gasteiger partial charge on any atom is 0.170 e. The molecule has 0 radical (unpaired) electrons. The highest BCUT2D eigenvalue weighted by Gasteiger charge is 2.35. The summed E-state index contributed by atoms with van der Waals surface area (Å²) in [5.41, 5.74) is 6.50. The second-order valence-corrected chi connectivity index (χ2v) is 6.82. The van der Waals surface area contributed by atoms with Gasteiger partial charge in [0, 0.05) is 5.56 Å². The van der Waals surface area contributed by atoms with E-state index in [0.29, 0.717) is 18.0 Å². The Morgan fingerprint density at radius 1 is 1.47 bits per heavy atom. The molecule has 2 N–H and O–H groups in total. The highest BCUT2D eigenvalue weighted by atomic mass is 32.2. The lowest BCUT2D eigenvalue weighted by molar-refractivity contribution is 0.369. The van der Waals surface area contributed by atoms with Crippen LogP contribution in [0.5, 0.6) is 0 Å². The van der Waals surface area contributed by atoms with Crippen molar-refractivity contribution in [1.29, 1.82) is 0 Å². The number of nitrogen functional groups attached to an aromatic ring is 1. The maximum absolute atomic E-state index is 12.0. The zero-order valence-electron chi connectivity index (χ0n) is 9.98. The third-order valence-corrected chi connectivity index (χ3v) is 5.39. The van der Waals surface area contributed by atoms with Gasteiger partial charge in [0.15, 0.2) is 21.4 Å². The quantitative estimate of drug-likeness (QED) is 0.894. The van der Waals surface area contributed by atoms with Crippen molar-refractivity contribution in [3.8, 4) is 0 Å². The Kier molecular flexibility index (Phi) is 3.42. The highest BCUT2D eigenvalue weighted by molar-refractivity contribution is 7.91. The number of rotatable bonds is 3. The summed E-state index contributed by atoms with van der Waals surface area (Å²) in [5, 5.41) is 3.18. The first kappa shape index (κ1) is 12.4. The Balaban J connectivity index is 2.39. The summed E-state index contributed by atoms with van der Waals surface area (Å²) < 4.78 is 29.2. The molecule has 2 rings (SSSR count). The molecule has 6 heteroatoms. The predicted molar refractivity (Wildman–Crippen MR) is 65.3 cm³/mol. The van der Waals surface area contributed by atoms with Crippen LogP contribution in [0.3, 0.4) is 0 Å². The van der Waals surface area contributed by atoms with Crippen LogP contribution in [0.2, 0.25) is 0 Å². The van der Waals surface area contributed by atoms with Crippen molar-refractivity contribution in [1.82, 2.24) is 5.16 Å². The smallest absolute Gasteiger partial charge is 0.170 e. The van der Waals surface area contributed by atoms with E-state index in [2.05, 4.69) is 5.16 Å². The van der Waals surface area contributed by atoms with Gasteiger partial charge in [-0.2, -0.15) is 0 Å². The fourth-order valence-electron chi connectivity index (χ4n) is 2.34. The molecule has 1 aliphatic heterocycles. The van der Waals surface area contributed by atoms with Crippen LogP contribution in [0.15, 0.2) is 4.52 Å². The van der Waals surface area contributed by atoms with E-state index in [1.54, 1.807) is 0 Å². The normalized spacial score (nSPS) is 23.7. The molecule has 1 fully saturated rings. The molecule has 0 spiro atoms. The first-order chi connectivity index (χ1) is 8.06. The van der Waals surface area contributed by atoms with Crippen molar-refractivity contribution in [2.75, 3.05) is 11.5 Å². The second kappa shape index (κ2) is 4.68. The van der Waals surface area contributed by atoms with Crippen molar-refractivity contribution < 1.29 is 12.9 Å². The minimum atomic E-state index is -3.09. The molecule has 0 aliphatic carbocycles. The predicted octanol–water partition coefficient (Wildman–Crippen LogP) is 1.85. The molecule has 0 aromatic carbocycles. The van der Waals surface area contributed by atoms with Gasteiger partial charge >= 0.3 is 0 Å². The summed E-state index contributed by atoms with van der Waals surface area (Å²) in [7, 11) is -3.09. The number of sulfone groups is 1. The van der Waals surface area contributed by atoms with Crippen LogP contribution in [-0.4, -0.2) is 19.3 Å². The van der Waals surface area contributed by atoms with Gasteiger partial charge in [-0.05, 0) is 19.3 Å². The molecular formula is C11H18N2O3S. The Hall–Kier alpha value is -1.04. The zero-order valence-corrected chi connectivity index (χ0v) is 10.8. The molecule has 1 aliphatic rings. The molecule has 1 aromatic rings. The van der Waals surface area contributed by atoms with Crippen LogP contribution in [0.25, 0.3) is 0 Å². The van der Waals surface area contributed by atoms with Crippen molar-refractivity contribution in [2.45, 2.75) is 44.3 Å². The lowest BCUT2D eigenvalue weighted by Gasteiger charge is -2.20. The molecule has 0 amide bonds. The van der Waals surface area contributed by atoms with Gasteiger partial charge in [0.25, 0.3) is 0 Å². The van der Waals surface area contributed by atoms with Crippen LogP contribution in [0, 0.1) is 0 Å². The van der Waals surface area contributed by atoms with E-state index in [1.807, 2.05) is 6.92 Å². The van der Waals surface area contributed by atoms with Gasteiger partial charge in [-0.25, -0.2) is 8.42 Å². The Morgan fingerprint density at radius 3 is 2.88 bits per heavy atom. The fourth-order valence-corrected chi connectivity index (χ4v) is 4.27. The number of nitrogens with two attached hydrogens (primary N) is 1. The van der Waals surface area contributed by atoms with E-state index >= 15 is 0 Å². The lowest BCUT2D eigenvalue weighted by atomic mass is 10.1. The summed E-state index contributed by atoms with van der Waals surface area (Å²) in [4.78, 5) is 0. The van der Waals surface area contributed by atoms with Crippen molar-refractivity contribution in [3.63, 3.8) is 0 Å². The van der Waals surface area contributed by atoms with Crippen LogP contribution in [0.1, 0.15) is 49.2 Å². The average Bonchev–Trinajstić information content (AvgIpc) is 2.61. The van der Waals surface area contributed by atoms with Gasteiger partial charge in [0.2, 0.25) is 0 Å². The molecule has 0 saturated carbocycles. The summed E-state index contributed by atoms with van der Waals surface area (Å²) >= 11 is 0. The highest BCUT2D eigenvalue weighted by Crippen LogP contribution is 2.37. The summed E-state index contributed by atoms with van der Waals surface area (Å²) in [6.45, 7) is 2.02. The van der Waals surface area contributed by atoms with Crippen LogP contribution < -0.4 is 5.73 Å². The SMILES string of the molecule is CCCc1c(N)noc1C1CCCCS1(=O)=O. The first-order valence-corrected chi connectivity index (χ1v) is 7.73. The Morgan fingerprint density at radius 2 is 2.24 bits per heavy atom. The number of hydrogen-bond acceptors (Lipinski definition) is 5. The third-order valence-electron chi connectivity index (χ3n) is 3.22. The van der Waals surface area contributed by atoms with E-state index in [-0.39, 0.29) is 5.75 Å². The van der Waals surface area contributed by atoms with Gasteiger partial charge in [0.05, 0.1) is 5.75 Å². The van der Waals surface area contributed by atoms with Crippen LogP contribution >= 0.6 is 0 Å². The Bertz CT molecular complexity index is 493. The van der Waals surface area contributed by atoms with Crippen LogP contribution in [0.4, 0.5) is 5.82 Å². The largest absolute Gasteiger partial charge is 0.381 e. The topological polar surface area (TPSA) is 86.2 Å². The zero-order chi connectivity index (χ0) is 12.5. The van der Waals surface area contributed by atoms with E-state index in [1.165, 1.54) is 0 Å². The standard InChI is InChI=1S/C11H18N2O3S/c1-2-5-8-10(16-13-11(8)12)9-6-3-4-7-17(9,14)15/h9H,2-7H2,1H3,(H2,12,13). The molecule has 1 atom stereocenters. The number of hydrogen-bond donors (Lipinski definition) is 1. The van der Waals surface area contributed by atoms with E-state index in [0.717, 1.165) is 31.2 Å². The molecule has 96 valence electrons. The molecule has 1 saturated heterocycles. The minimum absolute atomic E-state index is 0.240. The maximum atomic E-state index is 12.0. The van der Waals surface area contributed by atoms with Gasteiger partial charge in [0.1, 0.15) is 5.25 Å².